The molecule has 1 aromatic heterocycles. The van der Waals surface area contributed by atoms with Crippen LogP contribution in [0.25, 0.3) is 11.6 Å². The molecule has 5 nitrogen and oxygen atoms in total. The second-order valence-corrected chi connectivity index (χ2v) is 7.51. The fourth-order valence-corrected chi connectivity index (χ4v) is 3.41. The number of methoxy groups -OCH3 is 1. The molecule has 1 aromatic carbocycles. The van der Waals surface area contributed by atoms with Crippen molar-refractivity contribution >= 4 is 11.6 Å². The van der Waals surface area contributed by atoms with Crippen LogP contribution in [0.4, 0.5) is 0 Å². The molecular formula is C26H30N2O3. The van der Waals surface area contributed by atoms with E-state index >= 15 is 0 Å². The van der Waals surface area contributed by atoms with Crippen LogP contribution in [-0.2, 0) is 6.54 Å². The molecule has 0 spiro atoms. The highest BCUT2D eigenvalue weighted by atomic mass is 16.5. The number of hydrogen-bond donors (Lipinski definition) is 3. The van der Waals surface area contributed by atoms with Crippen LogP contribution < -0.4 is 10.1 Å². The molecule has 0 aliphatic heterocycles. The number of ether oxygens (including phenoxy) is 1. The average molecular weight is 419 g/mol. The third-order valence-electron chi connectivity index (χ3n) is 5.28. The molecule has 3 rings (SSSR count). The van der Waals surface area contributed by atoms with Crippen LogP contribution in [0.15, 0.2) is 77.9 Å². The number of nitrogens with zero attached hydrogens (tertiary/aromatic N) is 1. The first-order valence-electron chi connectivity index (χ1n) is 10.4. The zero-order valence-electron chi connectivity index (χ0n) is 18.1. The van der Waals surface area contributed by atoms with Crippen molar-refractivity contribution in [2.45, 2.75) is 25.9 Å². The number of aliphatic hydroxyl groups excluding tert-OH is 2. The van der Waals surface area contributed by atoms with Crippen molar-refractivity contribution in [2.24, 2.45) is 0 Å². The van der Waals surface area contributed by atoms with Gasteiger partial charge >= 0.3 is 0 Å². The molecule has 1 heterocycles. The fraction of sp³-hybridized carbons (Fsp3) is 0.269. The zero-order chi connectivity index (χ0) is 22.1. The zero-order valence-corrected chi connectivity index (χ0v) is 18.1. The van der Waals surface area contributed by atoms with Gasteiger partial charge in [-0.15, -0.1) is 0 Å². The number of aromatic nitrogens is 1. The minimum absolute atomic E-state index is 0.129. The predicted molar refractivity (Wildman–Crippen MR) is 125 cm³/mol. The Hall–Kier alpha value is -2.99. The molecule has 0 amide bonds. The summed E-state index contributed by atoms with van der Waals surface area (Å²) in [6.07, 6.45) is 11.4. The van der Waals surface area contributed by atoms with Crippen molar-refractivity contribution in [1.82, 2.24) is 10.3 Å². The van der Waals surface area contributed by atoms with Crippen LogP contribution in [-0.4, -0.2) is 41.6 Å². The summed E-state index contributed by atoms with van der Waals surface area (Å²) in [4.78, 5) is 4.58. The van der Waals surface area contributed by atoms with Crippen LogP contribution in [0.5, 0.6) is 5.88 Å². The topological polar surface area (TPSA) is 74.6 Å². The van der Waals surface area contributed by atoms with Crippen LogP contribution in [0, 0.1) is 0 Å². The molecule has 0 bridgehead atoms. The summed E-state index contributed by atoms with van der Waals surface area (Å²) in [6.45, 7) is 2.35. The molecule has 3 N–H and O–H groups in total. The van der Waals surface area contributed by atoms with Crippen molar-refractivity contribution in [3.63, 3.8) is 0 Å². The van der Waals surface area contributed by atoms with Gasteiger partial charge in [0.2, 0.25) is 5.88 Å². The van der Waals surface area contributed by atoms with E-state index in [0.717, 1.165) is 17.7 Å². The van der Waals surface area contributed by atoms with Gasteiger partial charge in [-0.3, -0.25) is 0 Å². The first kappa shape index (κ1) is 22.7. The number of allylic oxidation sites excluding steroid dienone is 7. The lowest BCUT2D eigenvalue weighted by molar-refractivity contribution is 0.170. The maximum Gasteiger partial charge on any atom is 0.218 e. The third-order valence-corrected chi connectivity index (χ3v) is 5.28. The Balaban J connectivity index is 1.72. The number of rotatable bonds is 9. The second kappa shape index (κ2) is 11.4. The van der Waals surface area contributed by atoms with E-state index in [0.29, 0.717) is 12.4 Å². The standard InChI is InChI=1S/C26H30N2O3/c1-19-15-22(21-7-4-3-5-8-21)10-6-9-20(19)11-13-24-14-12-23(26(28-24)31-2)16-27-25(17-29)18-30/h3-14,25,27,29-30H,15-18H2,1-2H3/b13-11+. The summed E-state index contributed by atoms with van der Waals surface area (Å²) in [6, 6.07) is 14.0. The molecule has 0 atom stereocenters. The Bertz CT molecular complexity index is 987. The van der Waals surface area contributed by atoms with E-state index < -0.39 is 0 Å². The molecule has 0 saturated carbocycles. The van der Waals surface area contributed by atoms with E-state index in [9.17, 15) is 10.2 Å². The second-order valence-electron chi connectivity index (χ2n) is 7.51. The van der Waals surface area contributed by atoms with Gasteiger partial charge in [0.25, 0.3) is 0 Å². The van der Waals surface area contributed by atoms with Crippen molar-refractivity contribution in [3.05, 3.63) is 94.7 Å². The summed E-state index contributed by atoms with van der Waals surface area (Å²) in [7, 11) is 1.59. The molecule has 5 heteroatoms. The molecule has 0 unspecified atom stereocenters. The SMILES string of the molecule is COc1nc(/C=C/C2=C(C)CC(c3ccccc3)=CC=C2)ccc1CNC(CO)CO. The Morgan fingerprint density at radius 1 is 1.10 bits per heavy atom. The van der Waals surface area contributed by atoms with Gasteiger partial charge in [0.05, 0.1) is 32.1 Å². The van der Waals surface area contributed by atoms with Crippen molar-refractivity contribution in [3.8, 4) is 5.88 Å². The molecule has 0 saturated heterocycles. The highest BCUT2D eigenvalue weighted by molar-refractivity contribution is 5.71. The van der Waals surface area contributed by atoms with Gasteiger partial charge in [-0.25, -0.2) is 4.98 Å². The highest BCUT2D eigenvalue weighted by Crippen LogP contribution is 2.28. The Labute approximate surface area is 184 Å². The molecule has 0 radical (unpaired) electrons. The van der Waals surface area contributed by atoms with E-state index in [1.165, 1.54) is 22.3 Å². The van der Waals surface area contributed by atoms with Crippen LogP contribution in [0.3, 0.4) is 0 Å². The minimum Gasteiger partial charge on any atom is -0.481 e. The first-order chi connectivity index (χ1) is 15.1. The Kier molecular flexibility index (Phi) is 8.35. The monoisotopic (exact) mass is 418 g/mol. The van der Waals surface area contributed by atoms with Gasteiger partial charge in [0.15, 0.2) is 0 Å². The van der Waals surface area contributed by atoms with E-state index in [4.69, 9.17) is 4.74 Å². The molecule has 0 fully saturated rings. The summed E-state index contributed by atoms with van der Waals surface area (Å²) in [5.41, 5.74) is 6.69. The molecule has 1 aliphatic rings. The van der Waals surface area contributed by atoms with E-state index in [-0.39, 0.29) is 19.3 Å². The van der Waals surface area contributed by atoms with E-state index in [2.05, 4.69) is 65.8 Å². The van der Waals surface area contributed by atoms with Crippen molar-refractivity contribution in [1.29, 1.82) is 0 Å². The van der Waals surface area contributed by atoms with E-state index in [1.54, 1.807) is 7.11 Å². The Morgan fingerprint density at radius 3 is 2.58 bits per heavy atom. The number of pyridine rings is 1. The van der Waals surface area contributed by atoms with Crippen LogP contribution in [0.2, 0.25) is 0 Å². The number of benzene rings is 1. The summed E-state index contributed by atoms with van der Waals surface area (Å²) in [5, 5.41) is 21.5. The minimum atomic E-state index is -0.365. The lowest BCUT2D eigenvalue weighted by Crippen LogP contribution is -2.35. The molecule has 162 valence electrons. The predicted octanol–water partition coefficient (Wildman–Crippen LogP) is 3.91. The maximum absolute atomic E-state index is 9.20. The Morgan fingerprint density at radius 2 is 1.87 bits per heavy atom. The first-order valence-corrected chi connectivity index (χ1v) is 10.4. The molecule has 31 heavy (non-hydrogen) atoms. The lowest BCUT2D eigenvalue weighted by atomic mass is 9.97. The molecular weight excluding hydrogens is 388 g/mol. The molecule has 2 aromatic rings. The smallest absolute Gasteiger partial charge is 0.218 e. The van der Waals surface area contributed by atoms with Crippen molar-refractivity contribution in [2.75, 3.05) is 20.3 Å². The number of aliphatic hydroxyl groups is 2. The van der Waals surface area contributed by atoms with Gasteiger partial charge in [0, 0.05) is 12.1 Å². The van der Waals surface area contributed by atoms with Gasteiger partial charge in [-0.1, -0.05) is 66.3 Å². The summed E-state index contributed by atoms with van der Waals surface area (Å²) >= 11 is 0. The van der Waals surface area contributed by atoms with Crippen LogP contribution in [0.1, 0.15) is 30.2 Å². The van der Waals surface area contributed by atoms with Crippen LogP contribution >= 0.6 is 0 Å². The van der Waals surface area contributed by atoms with Gasteiger partial charge in [-0.05, 0) is 42.2 Å². The van der Waals surface area contributed by atoms with Gasteiger partial charge in [-0.2, -0.15) is 0 Å². The van der Waals surface area contributed by atoms with Gasteiger partial charge < -0.3 is 20.3 Å². The van der Waals surface area contributed by atoms with Crippen molar-refractivity contribution < 1.29 is 14.9 Å². The third kappa shape index (κ3) is 6.25. The largest absolute Gasteiger partial charge is 0.481 e. The molecule has 1 aliphatic carbocycles. The summed E-state index contributed by atoms with van der Waals surface area (Å²) < 4.78 is 5.44. The maximum atomic E-state index is 9.20. The van der Waals surface area contributed by atoms with Gasteiger partial charge in [0.1, 0.15) is 0 Å². The summed E-state index contributed by atoms with van der Waals surface area (Å²) in [5.74, 6) is 0.527. The number of nitrogens with one attached hydrogen (secondary N) is 1. The highest BCUT2D eigenvalue weighted by Gasteiger charge is 2.10. The lowest BCUT2D eigenvalue weighted by Gasteiger charge is -2.14. The van der Waals surface area contributed by atoms with E-state index in [1.807, 2.05) is 24.3 Å². The average Bonchev–Trinajstić information content (AvgIpc) is 3.00. The fourth-order valence-electron chi connectivity index (χ4n) is 3.41. The number of hydrogen-bond acceptors (Lipinski definition) is 5. The quantitative estimate of drug-likeness (QED) is 0.576. The normalized spacial score (nSPS) is 14.3.